The molecule has 0 unspecified atom stereocenters. The molecule has 0 amide bonds. The van der Waals surface area contributed by atoms with Gasteiger partial charge in [0, 0.05) is 17.5 Å². The first-order valence-electron chi connectivity index (χ1n) is 8.24. The third-order valence-corrected chi connectivity index (χ3v) is 6.98. The summed E-state index contributed by atoms with van der Waals surface area (Å²) in [6.07, 6.45) is 0. The Hall–Kier alpha value is -2.97. The zero-order valence-electron chi connectivity index (χ0n) is 14.4. The van der Waals surface area contributed by atoms with E-state index in [2.05, 4.69) is 10.5 Å². The number of rotatable bonds is 6. The van der Waals surface area contributed by atoms with Crippen LogP contribution in [-0.4, -0.2) is 11.2 Å². The normalized spacial score (nSPS) is 11.8. The van der Waals surface area contributed by atoms with Crippen LogP contribution in [0, 0.1) is 0 Å². The van der Waals surface area contributed by atoms with Gasteiger partial charge in [0.1, 0.15) is 0 Å². The zero-order valence-corrected chi connectivity index (χ0v) is 15.3. The molecule has 3 rings (SSSR count). The summed E-state index contributed by atoms with van der Waals surface area (Å²) in [6, 6.07) is 27.3. The lowest BCUT2D eigenvalue weighted by molar-refractivity contribution is -0.110. The highest BCUT2D eigenvalue weighted by molar-refractivity contribution is 7.95. The lowest BCUT2D eigenvalue weighted by Crippen LogP contribution is -2.27. The van der Waals surface area contributed by atoms with Gasteiger partial charge in [0.05, 0.1) is 5.69 Å². The molecule has 1 N–H and O–H groups in total. The van der Waals surface area contributed by atoms with Gasteiger partial charge in [-0.3, -0.25) is 10.2 Å². The molecule has 26 heavy (non-hydrogen) atoms. The second-order valence-corrected chi connectivity index (χ2v) is 8.42. The zero-order chi connectivity index (χ0) is 18.4. The standard InChI is InChI=1S/C21H19N2O2P/c1-17(24)21(23-22-18-11-5-2-6-12-18)26(25,19-13-7-3-8-14-19)20-15-9-4-10-16-20/h2-16,22H,1H3/b23-21-. The van der Waals surface area contributed by atoms with E-state index >= 15 is 0 Å². The first-order chi connectivity index (χ1) is 12.6. The van der Waals surface area contributed by atoms with Crippen molar-refractivity contribution in [3.63, 3.8) is 0 Å². The molecular formula is C21H19N2O2P. The van der Waals surface area contributed by atoms with E-state index in [-0.39, 0.29) is 11.2 Å². The number of carbonyl (C=O) groups is 1. The monoisotopic (exact) mass is 362 g/mol. The highest BCUT2D eigenvalue weighted by Crippen LogP contribution is 2.45. The first-order valence-corrected chi connectivity index (χ1v) is 9.94. The van der Waals surface area contributed by atoms with Crippen LogP contribution in [0.2, 0.25) is 0 Å². The highest BCUT2D eigenvalue weighted by atomic mass is 31.2. The molecular weight excluding hydrogens is 343 g/mol. The summed E-state index contributed by atoms with van der Waals surface area (Å²) < 4.78 is 14.2. The van der Waals surface area contributed by atoms with Crippen molar-refractivity contribution in [3.8, 4) is 0 Å². The number of para-hydroxylation sites is 1. The van der Waals surface area contributed by atoms with E-state index in [0.29, 0.717) is 10.6 Å². The lowest BCUT2D eigenvalue weighted by atomic mass is 10.3. The number of hydrazone groups is 1. The van der Waals surface area contributed by atoms with Crippen molar-refractivity contribution in [3.05, 3.63) is 91.0 Å². The molecule has 0 saturated heterocycles. The van der Waals surface area contributed by atoms with E-state index in [0.717, 1.165) is 5.69 Å². The topological polar surface area (TPSA) is 58.5 Å². The number of benzene rings is 3. The molecule has 3 aromatic carbocycles. The Bertz CT molecular complexity index is 912. The first kappa shape index (κ1) is 17.8. The minimum Gasteiger partial charge on any atom is -0.307 e. The van der Waals surface area contributed by atoms with Gasteiger partial charge >= 0.3 is 0 Å². The minimum atomic E-state index is -3.39. The fourth-order valence-corrected chi connectivity index (χ4v) is 5.28. The van der Waals surface area contributed by atoms with Crippen molar-refractivity contribution in [2.75, 3.05) is 5.43 Å². The third-order valence-electron chi connectivity index (χ3n) is 3.92. The number of carbonyl (C=O) groups excluding carboxylic acids is 1. The Morgan fingerprint density at radius 3 is 1.62 bits per heavy atom. The smallest absolute Gasteiger partial charge is 0.193 e. The molecule has 0 heterocycles. The van der Waals surface area contributed by atoms with E-state index in [9.17, 15) is 9.36 Å². The molecule has 3 aromatic rings. The van der Waals surface area contributed by atoms with Crippen molar-refractivity contribution in [2.45, 2.75) is 6.92 Å². The maximum Gasteiger partial charge on any atom is 0.193 e. The second kappa shape index (κ2) is 7.94. The molecule has 0 aromatic heterocycles. The third kappa shape index (κ3) is 3.66. The van der Waals surface area contributed by atoms with E-state index < -0.39 is 7.14 Å². The van der Waals surface area contributed by atoms with Crippen LogP contribution < -0.4 is 16.0 Å². The Kier molecular flexibility index (Phi) is 5.45. The molecule has 0 bridgehead atoms. The number of nitrogens with one attached hydrogen (secondary N) is 1. The van der Waals surface area contributed by atoms with Gasteiger partial charge in [-0.25, -0.2) is 0 Å². The molecule has 130 valence electrons. The fraction of sp³-hybridized carbons (Fsp3) is 0.0476. The highest BCUT2D eigenvalue weighted by Gasteiger charge is 2.36. The average molecular weight is 362 g/mol. The quantitative estimate of drug-likeness (QED) is 0.409. The Labute approximate surface area is 153 Å². The fourth-order valence-electron chi connectivity index (χ4n) is 2.67. The van der Waals surface area contributed by atoms with Crippen molar-refractivity contribution in [1.82, 2.24) is 0 Å². The van der Waals surface area contributed by atoms with Crippen LogP contribution in [-0.2, 0) is 9.36 Å². The molecule has 0 fully saturated rings. The molecule has 5 heteroatoms. The summed E-state index contributed by atoms with van der Waals surface area (Å²) in [6.45, 7) is 1.39. The van der Waals surface area contributed by atoms with Gasteiger partial charge in [-0.2, -0.15) is 5.10 Å². The van der Waals surface area contributed by atoms with E-state index in [4.69, 9.17) is 0 Å². The van der Waals surface area contributed by atoms with Crippen LogP contribution in [0.25, 0.3) is 0 Å². The Morgan fingerprint density at radius 2 is 1.19 bits per heavy atom. The molecule has 0 spiro atoms. The maximum absolute atomic E-state index is 14.2. The Morgan fingerprint density at radius 1 is 0.769 bits per heavy atom. The van der Waals surface area contributed by atoms with Crippen molar-refractivity contribution < 1.29 is 9.36 Å². The van der Waals surface area contributed by atoms with Gasteiger partial charge in [-0.15, -0.1) is 0 Å². The van der Waals surface area contributed by atoms with Gasteiger partial charge in [0.15, 0.2) is 18.4 Å². The van der Waals surface area contributed by atoms with Crippen LogP contribution in [0.15, 0.2) is 96.1 Å². The van der Waals surface area contributed by atoms with Crippen LogP contribution in [0.4, 0.5) is 5.69 Å². The number of nitrogens with zero attached hydrogens (tertiary/aromatic N) is 1. The van der Waals surface area contributed by atoms with E-state index in [1.54, 1.807) is 24.3 Å². The van der Waals surface area contributed by atoms with Crippen molar-refractivity contribution >= 4 is 34.7 Å². The van der Waals surface area contributed by atoms with Gasteiger partial charge in [-0.05, 0) is 12.1 Å². The number of Topliss-reactive ketones (excluding diaryl/α,β-unsaturated/α-hetero) is 1. The van der Waals surface area contributed by atoms with E-state index in [1.807, 2.05) is 66.7 Å². The maximum atomic E-state index is 14.2. The summed E-state index contributed by atoms with van der Waals surface area (Å²) in [7, 11) is -3.39. The van der Waals surface area contributed by atoms with E-state index in [1.165, 1.54) is 6.92 Å². The van der Waals surface area contributed by atoms with Crippen LogP contribution in [0.3, 0.4) is 0 Å². The number of ketones is 1. The summed E-state index contributed by atoms with van der Waals surface area (Å²) in [5.41, 5.74) is 3.61. The summed E-state index contributed by atoms with van der Waals surface area (Å²) in [5.74, 6) is -0.329. The predicted octanol–water partition coefficient (Wildman–Crippen LogP) is 4.02. The number of hydrogen-bond acceptors (Lipinski definition) is 4. The summed E-state index contributed by atoms with van der Waals surface area (Å²) in [5, 5.41) is 5.43. The van der Waals surface area contributed by atoms with Gasteiger partial charge in [0.25, 0.3) is 0 Å². The average Bonchev–Trinajstić information content (AvgIpc) is 2.70. The SMILES string of the molecule is CC(=O)/C(=N/Nc1ccccc1)P(=O)(c1ccccc1)c1ccccc1. The van der Waals surface area contributed by atoms with Gasteiger partial charge in [0.2, 0.25) is 0 Å². The molecule has 0 aliphatic heterocycles. The van der Waals surface area contributed by atoms with Crippen LogP contribution >= 0.6 is 7.14 Å². The largest absolute Gasteiger partial charge is 0.307 e. The molecule has 4 nitrogen and oxygen atoms in total. The predicted molar refractivity (Wildman–Crippen MR) is 108 cm³/mol. The lowest BCUT2D eigenvalue weighted by Gasteiger charge is -2.20. The van der Waals surface area contributed by atoms with Crippen molar-refractivity contribution in [1.29, 1.82) is 0 Å². The summed E-state index contributed by atoms with van der Waals surface area (Å²) in [4.78, 5) is 12.4. The van der Waals surface area contributed by atoms with Crippen molar-refractivity contribution in [2.24, 2.45) is 5.10 Å². The molecule has 0 saturated carbocycles. The minimum absolute atomic E-state index is 0.0266. The molecule has 0 aliphatic carbocycles. The number of anilines is 1. The second-order valence-electron chi connectivity index (χ2n) is 5.75. The van der Waals surface area contributed by atoms with Crippen LogP contribution in [0.1, 0.15) is 6.92 Å². The van der Waals surface area contributed by atoms with Gasteiger partial charge in [-0.1, -0.05) is 78.9 Å². The molecule has 0 atom stereocenters. The molecule has 0 radical (unpaired) electrons. The summed E-state index contributed by atoms with van der Waals surface area (Å²) >= 11 is 0. The number of hydrogen-bond donors (Lipinski definition) is 1. The Balaban J connectivity index is 2.15. The van der Waals surface area contributed by atoms with Crippen LogP contribution in [0.5, 0.6) is 0 Å². The van der Waals surface area contributed by atoms with Gasteiger partial charge < -0.3 is 4.57 Å². The molecule has 0 aliphatic rings.